The lowest BCUT2D eigenvalue weighted by atomic mass is 9.90. The molecule has 1 aliphatic heterocycles. The molecule has 2 aromatic rings. The van der Waals surface area contributed by atoms with Gasteiger partial charge in [0, 0.05) is 13.5 Å². The van der Waals surface area contributed by atoms with E-state index in [4.69, 9.17) is 0 Å². The number of benzene rings is 2. The van der Waals surface area contributed by atoms with Crippen LogP contribution in [0.2, 0.25) is 0 Å². The van der Waals surface area contributed by atoms with Gasteiger partial charge in [0.05, 0.1) is 12.1 Å². The molecule has 4 nitrogen and oxygen atoms in total. The molecule has 1 aliphatic rings. The summed E-state index contributed by atoms with van der Waals surface area (Å²) in [6, 6.07) is 16.4. The first kappa shape index (κ1) is 21.5. The van der Waals surface area contributed by atoms with Gasteiger partial charge in [-0.25, -0.2) is 4.39 Å². The van der Waals surface area contributed by atoms with Crippen LogP contribution in [0, 0.1) is 11.7 Å². The third kappa shape index (κ3) is 6.94. The zero-order chi connectivity index (χ0) is 20.6. The molecule has 2 N–H and O–H groups in total. The number of piperidine rings is 1. The summed E-state index contributed by atoms with van der Waals surface area (Å²) in [4.78, 5) is 13.9. The van der Waals surface area contributed by atoms with Crippen LogP contribution in [-0.4, -0.2) is 47.7 Å². The topological polar surface area (TPSA) is 52.6 Å². The molecule has 1 fully saturated rings. The lowest BCUT2D eigenvalue weighted by molar-refractivity contribution is -0.120. The molecular formula is C24H31FN2O2. The number of aliphatic hydroxyl groups is 1. The largest absolute Gasteiger partial charge is 0.390 e. The molecule has 2 atom stereocenters. The Bertz CT molecular complexity index is 758. The van der Waals surface area contributed by atoms with E-state index < -0.39 is 6.10 Å². The number of carbonyl (C=O) groups is 1. The van der Waals surface area contributed by atoms with Crippen molar-refractivity contribution in [2.75, 3.05) is 19.6 Å². The van der Waals surface area contributed by atoms with E-state index >= 15 is 0 Å². The molecular weight excluding hydrogens is 367 g/mol. The van der Waals surface area contributed by atoms with Crippen molar-refractivity contribution in [3.05, 3.63) is 71.5 Å². The maximum Gasteiger partial charge on any atom is 0.217 e. The average Bonchev–Trinajstić information content (AvgIpc) is 2.71. The third-order valence-corrected chi connectivity index (χ3v) is 5.74. The predicted octanol–water partition coefficient (Wildman–Crippen LogP) is 3.19. The van der Waals surface area contributed by atoms with Crippen LogP contribution >= 0.6 is 0 Å². The first-order valence-electron chi connectivity index (χ1n) is 10.5. The molecule has 0 aromatic heterocycles. The molecule has 0 spiro atoms. The maximum atomic E-state index is 13.1. The molecule has 0 saturated carbocycles. The number of aliphatic hydroxyl groups excluding tert-OH is 1. The van der Waals surface area contributed by atoms with Gasteiger partial charge in [-0.1, -0.05) is 42.5 Å². The van der Waals surface area contributed by atoms with E-state index in [-0.39, 0.29) is 17.8 Å². The van der Waals surface area contributed by atoms with Crippen LogP contribution in [0.15, 0.2) is 54.6 Å². The van der Waals surface area contributed by atoms with Gasteiger partial charge in [-0.2, -0.15) is 0 Å². The van der Waals surface area contributed by atoms with Gasteiger partial charge in [0.25, 0.3) is 0 Å². The average molecular weight is 399 g/mol. The summed E-state index contributed by atoms with van der Waals surface area (Å²) in [6.07, 6.45) is 3.09. The van der Waals surface area contributed by atoms with Crippen molar-refractivity contribution in [2.45, 2.75) is 44.8 Å². The highest BCUT2D eigenvalue weighted by Crippen LogP contribution is 2.22. The van der Waals surface area contributed by atoms with Gasteiger partial charge in [0.1, 0.15) is 5.82 Å². The van der Waals surface area contributed by atoms with Gasteiger partial charge in [-0.15, -0.1) is 0 Å². The third-order valence-electron chi connectivity index (χ3n) is 5.74. The molecule has 0 bridgehead atoms. The SMILES string of the molecule is CC(=O)NC(Cc1ccccc1)C(O)CN1CCC(Cc2ccc(F)cc2)CC1. The van der Waals surface area contributed by atoms with Crippen LogP contribution in [0.4, 0.5) is 4.39 Å². The fourth-order valence-electron chi connectivity index (χ4n) is 4.13. The molecule has 0 aliphatic carbocycles. The fourth-order valence-corrected chi connectivity index (χ4v) is 4.13. The van der Waals surface area contributed by atoms with Gasteiger partial charge in [-0.3, -0.25) is 4.79 Å². The summed E-state index contributed by atoms with van der Waals surface area (Å²) in [7, 11) is 0. The highest BCUT2D eigenvalue weighted by molar-refractivity contribution is 5.73. The Morgan fingerprint density at radius 2 is 1.76 bits per heavy atom. The molecule has 2 unspecified atom stereocenters. The number of nitrogens with zero attached hydrogens (tertiary/aromatic N) is 1. The number of carbonyl (C=O) groups excluding carboxylic acids is 1. The number of amides is 1. The standard InChI is InChI=1S/C24H31FN2O2/c1-18(28)26-23(16-19-5-3-2-4-6-19)24(29)17-27-13-11-21(12-14-27)15-20-7-9-22(25)10-8-20/h2-10,21,23-24,29H,11-17H2,1H3,(H,26,28). The molecule has 1 heterocycles. The van der Waals surface area contributed by atoms with Crippen molar-refractivity contribution in [1.29, 1.82) is 0 Å². The quantitative estimate of drug-likeness (QED) is 0.718. The van der Waals surface area contributed by atoms with Crippen molar-refractivity contribution >= 4 is 5.91 Å². The van der Waals surface area contributed by atoms with E-state index in [2.05, 4.69) is 10.2 Å². The van der Waals surface area contributed by atoms with Gasteiger partial charge >= 0.3 is 0 Å². The molecule has 1 saturated heterocycles. The Hall–Kier alpha value is -2.24. The summed E-state index contributed by atoms with van der Waals surface area (Å²) >= 11 is 0. The van der Waals surface area contributed by atoms with Gasteiger partial charge in [0.15, 0.2) is 0 Å². The summed E-state index contributed by atoms with van der Waals surface area (Å²) in [5.74, 6) is 0.272. The Labute approximate surface area is 172 Å². The van der Waals surface area contributed by atoms with Crippen molar-refractivity contribution in [2.24, 2.45) is 5.92 Å². The Morgan fingerprint density at radius 1 is 1.10 bits per heavy atom. The van der Waals surface area contributed by atoms with Crippen molar-refractivity contribution in [3.63, 3.8) is 0 Å². The minimum Gasteiger partial charge on any atom is -0.390 e. The number of hydrogen-bond acceptors (Lipinski definition) is 3. The minimum atomic E-state index is -0.618. The first-order valence-corrected chi connectivity index (χ1v) is 10.5. The number of β-amino-alcohol motifs (C(OH)–C–C–N with tert-alkyl or cyclic N) is 1. The second-order valence-corrected chi connectivity index (χ2v) is 8.14. The van der Waals surface area contributed by atoms with Crippen LogP contribution in [0.1, 0.15) is 30.9 Å². The normalized spacial score (nSPS) is 17.6. The summed E-state index contributed by atoms with van der Waals surface area (Å²) in [5, 5.41) is 13.7. The van der Waals surface area contributed by atoms with E-state index in [1.165, 1.54) is 24.6 Å². The highest BCUT2D eigenvalue weighted by Gasteiger charge is 2.26. The van der Waals surface area contributed by atoms with Crippen molar-refractivity contribution in [1.82, 2.24) is 10.2 Å². The first-order chi connectivity index (χ1) is 14.0. The lowest BCUT2D eigenvalue weighted by Crippen LogP contribution is -2.50. The zero-order valence-electron chi connectivity index (χ0n) is 17.1. The molecule has 3 rings (SSSR count). The van der Waals surface area contributed by atoms with Gasteiger partial charge in [0.2, 0.25) is 5.91 Å². The van der Waals surface area contributed by atoms with Crippen LogP contribution in [0.3, 0.4) is 0 Å². The van der Waals surface area contributed by atoms with Crippen molar-refractivity contribution in [3.8, 4) is 0 Å². The molecule has 29 heavy (non-hydrogen) atoms. The second kappa shape index (κ2) is 10.5. The molecule has 0 radical (unpaired) electrons. The van der Waals surface area contributed by atoms with E-state index in [0.717, 1.165) is 37.9 Å². The second-order valence-electron chi connectivity index (χ2n) is 8.14. The molecule has 2 aromatic carbocycles. The Kier molecular flexibility index (Phi) is 7.78. The van der Waals surface area contributed by atoms with Crippen molar-refractivity contribution < 1.29 is 14.3 Å². The minimum absolute atomic E-state index is 0.122. The number of likely N-dealkylation sites (tertiary alicyclic amines) is 1. The van der Waals surface area contributed by atoms with E-state index in [0.29, 0.717) is 18.9 Å². The Balaban J connectivity index is 1.49. The van der Waals surface area contributed by atoms with Crippen LogP contribution in [-0.2, 0) is 17.6 Å². The maximum absolute atomic E-state index is 13.1. The van der Waals surface area contributed by atoms with E-state index in [1.807, 2.05) is 42.5 Å². The monoisotopic (exact) mass is 398 g/mol. The summed E-state index contributed by atoms with van der Waals surface area (Å²) in [5.41, 5.74) is 2.28. The number of rotatable bonds is 8. The zero-order valence-corrected chi connectivity index (χ0v) is 17.1. The lowest BCUT2D eigenvalue weighted by Gasteiger charge is -2.35. The number of halogens is 1. The van der Waals surface area contributed by atoms with E-state index in [1.54, 1.807) is 0 Å². The van der Waals surface area contributed by atoms with Gasteiger partial charge in [-0.05, 0) is 68.0 Å². The van der Waals surface area contributed by atoms with Crippen LogP contribution in [0.25, 0.3) is 0 Å². The molecule has 1 amide bonds. The highest BCUT2D eigenvalue weighted by atomic mass is 19.1. The van der Waals surface area contributed by atoms with Gasteiger partial charge < -0.3 is 15.3 Å². The fraction of sp³-hybridized carbons (Fsp3) is 0.458. The van der Waals surface area contributed by atoms with Crippen LogP contribution in [0.5, 0.6) is 0 Å². The number of hydrogen-bond donors (Lipinski definition) is 2. The number of nitrogens with one attached hydrogen (secondary N) is 1. The molecule has 5 heteroatoms. The smallest absolute Gasteiger partial charge is 0.217 e. The predicted molar refractivity (Wildman–Crippen MR) is 113 cm³/mol. The Morgan fingerprint density at radius 3 is 2.38 bits per heavy atom. The summed E-state index contributed by atoms with van der Waals surface area (Å²) < 4.78 is 13.1. The summed E-state index contributed by atoms with van der Waals surface area (Å²) in [6.45, 7) is 3.91. The van der Waals surface area contributed by atoms with E-state index in [9.17, 15) is 14.3 Å². The van der Waals surface area contributed by atoms with Crippen LogP contribution < -0.4 is 5.32 Å². The molecule has 156 valence electrons.